The van der Waals surface area contributed by atoms with Gasteiger partial charge in [-0.2, -0.15) is 13.2 Å². The number of urea groups is 1. The minimum atomic E-state index is -5.41. The van der Waals surface area contributed by atoms with Crippen molar-refractivity contribution in [1.82, 2.24) is 10.6 Å². The zero-order valence-corrected chi connectivity index (χ0v) is 18.0. The monoisotopic (exact) mass is 489 g/mol. The lowest BCUT2D eigenvalue weighted by molar-refractivity contribution is -0.384. The number of hydrogen-bond donors (Lipinski definition) is 3. The van der Waals surface area contributed by atoms with Gasteiger partial charge in [0.05, 0.1) is 4.92 Å². The number of nitrogens with zero attached hydrogens (tertiary/aromatic N) is 1. The fourth-order valence-electron chi connectivity index (χ4n) is 3.92. The van der Waals surface area contributed by atoms with Crippen LogP contribution in [-0.2, 0) is 0 Å². The van der Waals surface area contributed by atoms with Crippen molar-refractivity contribution in [2.75, 3.05) is 0 Å². The Kier molecular flexibility index (Phi) is 5.85. The van der Waals surface area contributed by atoms with Crippen molar-refractivity contribution in [2.24, 2.45) is 5.92 Å². The second-order valence-electron chi connectivity index (χ2n) is 8.06. The fraction of sp³-hybridized carbons (Fsp3) is 0.217. The summed E-state index contributed by atoms with van der Waals surface area (Å²) < 4.78 is 47.7. The van der Waals surface area contributed by atoms with Crippen LogP contribution in [0.2, 0.25) is 0 Å². The summed E-state index contributed by atoms with van der Waals surface area (Å²) >= 11 is 0. The van der Waals surface area contributed by atoms with Crippen molar-refractivity contribution < 1.29 is 37.2 Å². The molecule has 0 radical (unpaired) electrons. The molecule has 2 amide bonds. The van der Waals surface area contributed by atoms with Gasteiger partial charge in [0.1, 0.15) is 23.5 Å². The summed E-state index contributed by atoms with van der Waals surface area (Å²) in [4.78, 5) is 35.9. The number of furan rings is 1. The average molecular weight is 489 g/mol. The molecule has 1 aliphatic heterocycles. The molecule has 0 aliphatic carbocycles. The molecule has 1 fully saturated rings. The van der Waals surface area contributed by atoms with Crippen LogP contribution in [0.5, 0.6) is 0 Å². The number of ketones is 1. The third-order valence-electron chi connectivity index (χ3n) is 5.70. The van der Waals surface area contributed by atoms with Gasteiger partial charge in [-0.3, -0.25) is 14.9 Å². The van der Waals surface area contributed by atoms with Crippen LogP contribution in [0.4, 0.5) is 23.7 Å². The van der Waals surface area contributed by atoms with Gasteiger partial charge in [0.15, 0.2) is 5.78 Å². The van der Waals surface area contributed by atoms with E-state index in [-0.39, 0.29) is 28.3 Å². The molecule has 1 aromatic heterocycles. The molecule has 35 heavy (non-hydrogen) atoms. The van der Waals surface area contributed by atoms with Gasteiger partial charge in [0.25, 0.3) is 5.69 Å². The highest BCUT2D eigenvalue weighted by molar-refractivity contribution is 6.00. The average Bonchev–Trinajstić information content (AvgIpc) is 3.28. The highest BCUT2D eigenvalue weighted by atomic mass is 19.4. The van der Waals surface area contributed by atoms with Gasteiger partial charge in [0, 0.05) is 23.3 Å². The van der Waals surface area contributed by atoms with Crippen LogP contribution in [0.25, 0.3) is 11.3 Å². The first-order valence-corrected chi connectivity index (χ1v) is 10.2. The van der Waals surface area contributed by atoms with Crippen LogP contribution in [0.15, 0.2) is 65.1 Å². The maximum absolute atomic E-state index is 14.0. The van der Waals surface area contributed by atoms with Gasteiger partial charge < -0.3 is 20.2 Å². The number of hydrogen-bond acceptors (Lipinski definition) is 6. The van der Waals surface area contributed by atoms with Crippen LogP contribution < -0.4 is 10.6 Å². The second-order valence-corrected chi connectivity index (χ2v) is 8.06. The lowest BCUT2D eigenvalue weighted by Gasteiger charge is -2.44. The summed E-state index contributed by atoms with van der Waals surface area (Å²) in [7, 11) is 0. The second kappa shape index (κ2) is 8.55. The summed E-state index contributed by atoms with van der Waals surface area (Å²) in [6.07, 6.45) is -5.41. The summed E-state index contributed by atoms with van der Waals surface area (Å²) in [5.41, 5.74) is -3.25. The number of carbonyl (C=O) groups excluding carboxylic acids is 2. The maximum Gasteiger partial charge on any atom is 0.437 e. The number of aliphatic hydroxyl groups is 1. The Labute approximate surface area is 195 Å². The molecule has 0 spiro atoms. The summed E-state index contributed by atoms with van der Waals surface area (Å²) in [5.74, 6) is -3.55. The summed E-state index contributed by atoms with van der Waals surface area (Å²) in [6, 6.07) is 10.5. The number of non-ortho nitro benzene ring substituents is 1. The van der Waals surface area contributed by atoms with Crippen LogP contribution in [0, 0.1) is 23.0 Å². The number of nitro benzene ring substituents is 1. The largest absolute Gasteiger partial charge is 0.459 e. The minimum Gasteiger partial charge on any atom is -0.459 e. The van der Waals surface area contributed by atoms with E-state index in [2.05, 4.69) is 5.32 Å². The molecule has 12 heteroatoms. The van der Waals surface area contributed by atoms with Crippen LogP contribution in [0.3, 0.4) is 0 Å². The maximum atomic E-state index is 14.0. The minimum absolute atomic E-state index is 0.0496. The molecule has 2 heterocycles. The molecule has 3 N–H and O–H groups in total. The Balaban J connectivity index is 1.80. The third kappa shape index (κ3) is 4.35. The first kappa shape index (κ1) is 24.0. The molecule has 4 rings (SSSR count). The van der Waals surface area contributed by atoms with Gasteiger partial charge in [-0.05, 0) is 19.1 Å². The Morgan fingerprint density at radius 1 is 1.14 bits per heavy atom. The molecule has 0 bridgehead atoms. The van der Waals surface area contributed by atoms with Crippen LogP contribution in [-0.4, -0.2) is 33.7 Å². The van der Waals surface area contributed by atoms with Crippen molar-refractivity contribution in [3.8, 4) is 11.3 Å². The van der Waals surface area contributed by atoms with E-state index in [1.54, 1.807) is 6.92 Å². The van der Waals surface area contributed by atoms with Gasteiger partial charge in [0.2, 0.25) is 5.72 Å². The van der Waals surface area contributed by atoms with Crippen molar-refractivity contribution in [1.29, 1.82) is 0 Å². The molecule has 3 atom stereocenters. The first-order chi connectivity index (χ1) is 16.4. The Bertz CT molecular complexity index is 1300. The smallest absolute Gasteiger partial charge is 0.437 e. The molecule has 0 saturated carbocycles. The third-order valence-corrected chi connectivity index (χ3v) is 5.70. The Morgan fingerprint density at radius 3 is 2.46 bits per heavy atom. The van der Waals surface area contributed by atoms with E-state index in [9.17, 15) is 38.0 Å². The van der Waals surface area contributed by atoms with E-state index in [0.29, 0.717) is 0 Å². The highest BCUT2D eigenvalue weighted by Crippen LogP contribution is 2.44. The predicted molar refractivity (Wildman–Crippen MR) is 115 cm³/mol. The van der Waals surface area contributed by atoms with Crippen molar-refractivity contribution in [3.63, 3.8) is 0 Å². The van der Waals surface area contributed by atoms with Crippen LogP contribution >= 0.6 is 0 Å². The molecule has 1 aliphatic rings. The zero-order chi connectivity index (χ0) is 25.5. The van der Waals surface area contributed by atoms with E-state index < -0.39 is 40.6 Å². The Hall–Kier alpha value is -4.19. The number of amides is 2. The number of carbonyl (C=O) groups is 2. The van der Waals surface area contributed by atoms with Crippen molar-refractivity contribution in [2.45, 2.75) is 24.9 Å². The van der Waals surface area contributed by atoms with E-state index in [4.69, 9.17) is 4.42 Å². The number of nitro groups is 1. The summed E-state index contributed by atoms with van der Waals surface area (Å²) in [6.45, 7) is 1.73. The lowest BCUT2D eigenvalue weighted by atomic mass is 9.79. The number of Topliss-reactive ketones (excluding diaryl/α,β-unsaturated/α-hetero) is 1. The van der Waals surface area contributed by atoms with Gasteiger partial charge in [-0.25, -0.2) is 4.79 Å². The van der Waals surface area contributed by atoms with Gasteiger partial charge in [-0.15, -0.1) is 0 Å². The molecular formula is C23H18F3N3O6. The van der Waals surface area contributed by atoms with Gasteiger partial charge in [-0.1, -0.05) is 42.0 Å². The quantitative estimate of drug-likeness (QED) is 0.278. The molecule has 9 nitrogen and oxygen atoms in total. The normalized spacial score (nSPS) is 22.3. The molecule has 3 aromatic rings. The Morgan fingerprint density at radius 2 is 1.83 bits per heavy atom. The number of rotatable bonds is 5. The number of alkyl halides is 3. The highest BCUT2D eigenvalue weighted by Gasteiger charge is 2.66. The van der Waals surface area contributed by atoms with E-state index in [1.165, 1.54) is 66.0 Å². The molecule has 2 aromatic carbocycles. The fourth-order valence-corrected chi connectivity index (χ4v) is 3.92. The van der Waals surface area contributed by atoms with E-state index in [0.717, 1.165) is 5.56 Å². The summed E-state index contributed by atoms with van der Waals surface area (Å²) in [5, 5.41) is 25.4. The predicted octanol–water partition coefficient (Wildman–Crippen LogP) is 4.27. The first-order valence-electron chi connectivity index (χ1n) is 10.2. The molecular weight excluding hydrogens is 471 g/mol. The number of halogens is 3. The van der Waals surface area contributed by atoms with Gasteiger partial charge >= 0.3 is 12.2 Å². The number of aryl methyl sites for hydroxylation is 1. The molecule has 0 unspecified atom stereocenters. The van der Waals surface area contributed by atoms with Crippen molar-refractivity contribution in [3.05, 3.63) is 87.7 Å². The van der Waals surface area contributed by atoms with Crippen LogP contribution in [0.1, 0.15) is 27.7 Å². The lowest BCUT2D eigenvalue weighted by Crippen LogP contribution is -2.72. The van der Waals surface area contributed by atoms with E-state index >= 15 is 0 Å². The van der Waals surface area contributed by atoms with E-state index in [1.807, 2.05) is 0 Å². The standard InChI is InChI=1S/C23H18F3N3O6/c1-12-5-7-13(8-6-12)20(30)18-19(27-21(31)28-22(18,32)23(24,25)26)17-10-9-16(35-17)14-3-2-4-15(11-14)29(33)34/h2-11,18-19,32H,1H3,(H2,27,28,31)/t18-,19+,22+/m1/s1. The van der Waals surface area contributed by atoms with Crippen molar-refractivity contribution >= 4 is 17.5 Å². The zero-order valence-electron chi connectivity index (χ0n) is 18.0. The molecule has 182 valence electrons. The number of benzene rings is 2. The SMILES string of the molecule is Cc1ccc(C(=O)[C@H]2[C@H](c3ccc(-c4cccc([N+](=O)[O-])c4)o3)NC(=O)N[C@@]2(O)C(F)(F)F)cc1. The number of nitrogens with one attached hydrogen (secondary N) is 2. The molecule has 1 saturated heterocycles. The topological polar surface area (TPSA) is 135 Å².